The molecule has 1 N–H and O–H groups in total. The summed E-state index contributed by atoms with van der Waals surface area (Å²) in [7, 11) is 1.81. The second-order valence-electron chi connectivity index (χ2n) is 3.70. The average molecular weight is 283 g/mol. The molecule has 1 rings (SSSR count). The van der Waals surface area contributed by atoms with Gasteiger partial charge in [0.2, 0.25) is 0 Å². The number of aliphatic hydroxyl groups excluding tert-OH is 1. The van der Waals surface area contributed by atoms with Crippen LogP contribution < -0.4 is 0 Å². The van der Waals surface area contributed by atoms with Gasteiger partial charge in [-0.25, -0.2) is 0 Å². The van der Waals surface area contributed by atoms with Gasteiger partial charge in [-0.1, -0.05) is 11.8 Å². The lowest BCUT2D eigenvalue weighted by atomic mass is 10.2. The molecule has 0 saturated heterocycles. The lowest BCUT2D eigenvalue weighted by molar-refractivity contribution is 0.0800. The number of hydrogen-bond donors (Lipinski definition) is 1. The van der Waals surface area contributed by atoms with Crippen molar-refractivity contribution in [3.8, 4) is 11.8 Å². The number of carbonyl (C=O) groups excluding carboxylic acids is 1. The zero-order valence-electron chi connectivity index (χ0n) is 10.6. The summed E-state index contributed by atoms with van der Waals surface area (Å²) in [5, 5.41) is 10.5. The summed E-state index contributed by atoms with van der Waals surface area (Å²) in [6.45, 7) is 0.567. The van der Waals surface area contributed by atoms with E-state index >= 15 is 0 Å². The smallest absolute Gasteiger partial charge is 0.264 e. The molecule has 0 bridgehead atoms. The van der Waals surface area contributed by atoms with Gasteiger partial charge in [0.05, 0.1) is 0 Å². The maximum atomic E-state index is 12.2. The molecule has 3 nitrogen and oxygen atoms in total. The van der Waals surface area contributed by atoms with Crippen LogP contribution >= 0.6 is 23.1 Å². The fourth-order valence-corrected chi connectivity index (χ4v) is 2.69. The van der Waals surface area contributed by atoms with Crippen molar-refractivity contribution in [2.24, 2.45) is 0 Å². The molecule has 0 aliphatic heterocycles. The molecule has 1 heterocycles. The number of aliphatic hydroxyl groups is 1. The molecule has 0 spiro atoms. The normalized spacial score (nSPS) is 9.72. The quantitative estimate of drug-likeness (QED) is 0.663. The van der Waals surface area contributed by atoms with E-state index in [1.807, 2.05) is 18.5 Å². The minimum Gasteiger partial charge on any atom is -0.384 e. The number of amides is 1. The van der Waals surface area contributed by atoms with Crippen molar-refractivity contribution in [3.05, 3.63) is 21.9 Å². The van der Waals surface area contributed by atoms with Crippen molar-refractivity contribution in [2.75, 3.05) is 32.2 Å². The van der Waals surface area contributed by atoms with Crippen LogP contribution in [0.3, 0.4) is 0 Å². The first-order valence-corrected chi connectivity index (χ1v) is 7.89. The predicted octanol–water partition coefficient (Wildman–Crippen LogP) is 1.92. The lowest BCUT2D eigenvalue weighted by Gasteiger charge is -2.16. The fourth-order valence-electron chi connectivity index (χ4n) is 1.43. The fraction of sp³-hybridized carbons (Fsp3) is 0.462. The predicted molar refractivity (Wildman–Crippen MR) is 78.2 cm³/mol. The summed E-state index contributed by atoms with van der Waals surface area (Å²) < 4.78 is 0. The molecule has 0 fully saturated rings. The zero-order chi connectivity index (χ0) is 13.4. The molecule has 1 aromatic rings. The van der Waals surface area contributed by atoms with Crippen molar-refractivity contribution >= 4 is 29.0 Å². The molecule has 18 heavy (non-hydrogen) atoms. The molecule has 98 valence electrons. The van der Waals surface area contributed by atoms with Crippen LogP contribution in [0.25, 0.3) is 0 Å². The minimum atomic E-state index is -0.187. The van der Waals surface area contributed by atoms with Gasteiger partial charge < -0.3 is 10.0 Å². The Kier molecular flexibility index (Phi) is 6.88. The highest BCUT2D eigenvalue weighted by Gasteiger charge is 2.16. The van der Waals surface area contributed by atoms with E-state index in [-0.39, 0.29) is 12.5 Å². The highest BCUT2D eigenvalue weighted by molar-refractivity contribution is 7.98. The van der Waals surface area contributed by atoms with Crippen LogP contribution in [0.2, 0.25) is 0 Å². The Morgan fingerprint density at radius 2 is 2.39 bits per heavy atom. The van der Waals surface area contributed by atoms with Crippen LogP contribution in [0, 0.1) is 11.8 Å². The number of carbonyl (C=O) groups is 1. The Balaban J connectivity index is 2.68. The number of hydrogen-bond acceptors (Lipinski definition) is 4. The maximum Gasteiger partial charge on any atom is 0.264 e. The van der Waals surface area contributed by atoms with Crippen LogP contribution in [-0.4, -0.2) is 48.1 Å². The molecular weight excluding hydrogens is 266 g/mol. The minimum absolute atomic E-state index is 0.00772. The van der Waals surface area contributed by atoms with E-state index < -0.39 is 0 Å². The van der Waals surface area contributed by atoms with E-state index in [1.54, 1.807) is 16.7 Å². The first kappa shape index (κ1) is 15.1. The van der Waals surface area contributed by atoms with Crippen LogP contribution in [0.4, 0.5) is 0 Å². The standard InChI is InChI=1S/C13H17NO2S2/c1-14(7-4-9-17-2)13(16)12-11(5-3-8-15)6-10-18-12/h6,10,15H,4,7-9H2,1-2H3. The van der Waals surface area contributed by atoms with E-state index in [0.29, 0.717) is 10.4 Å². The molecule has 0 atom stereocenters. The molecule has 0 unspecified atom stereocenters. The molecule has 1 amide bonds. The van der Waals surface area contributed by atoms with E-state index in [0.717, 1.165) is 18.7 Å². The largest absolute Gasteiger partial charge is 0.384 e. The molecule has 0 radical (unpaired) electrons. The SMILES string of the molecule is CSCCCN(C)C(=O)c1sccc1C#CCO. The third-order valence-corrected chi connectivity index (χ3v) is 3.95. The van der Waals surface area contributed by atoms with Gasteiger partial charge in [-0.2, -0.15) is 11.8 Å². The Morgan fingerprint density at radius 3 is 3.06 bits per heavy atom. The second kappa shape index (κ2) is 8.20. The van der Waals surface area contributed by atoms with Gasteiger partial charge >= 0.3 is 0 Å². The highest BCUT2D eigenvalue weighted by Crippen LogP contribution is 2.18. The second-order valence-corrected chi connectivity index (χ2v) is 5.60. The topological polar surface area (TPSA) is 40.5 Å². The Bertz CT molecular complexity index is 445. The van der Waals surface area contributed by atoms with Gasteiger partial charge in [0.25, 0.3) is 5.91 Å². The van der Waals surface area contributed by atoms with E-state index in [1.165, 1.54) is 11.3 Å². The van der Waals surface area contributed by atoms with E-state index in [2.05, 4.69) is 18.1 Å². The van der Waals surface area contributed by atoms with Crippen LogP contribution in [-0.2, 0) is 0 Å². The van der Waals surface area contributed by atoms with Crippen molar-refractivity contribution in [3.63, 3.8) is 0 Å². The van der Waals surface area contributed by atoms with Crippen molar-refractivity contribution < 1.29 is 9.90 Å². The van der Waals surface area contributed by atoms with Gasteiger partial charge in [0, 0.05) is 19.2 Å². The van der Waals surface area contributed by atoms with Gasteiger partial charge in [0.15, 0.2) is 0 Å². The molecule has 0 aromatic carbocycles. The summed E-state index contributed by atoms with van der Waals surface area (Å²) >= 11 is 3.18. The van der Waals surface area contributed by atoms with Crippen molar-refractivity contribution in [1.29, 1.82) is 0 Å². The van der Waals surface area contributed by atoms with Gasteiger partial charge in [-0.15, -0.1) is 11.3 Å². The first-order chi connectivity index (χ1) is 8.70. The number of thiophene rings is 1. The molecular formula is C13H17NO2S2. The molecule has 0 saturated carbocycles. The van der Waals surface area contributed by atoms with Gasteiger partial charge in [0.1, 0.15) is 11.5 Å². The maximum absolute atomic E-state index is 12.2. The number of nitrogens with zero attached hydrogens (tertiary/aromatic N) is 1. The van der Waals surface area contributed by atoms with Crippen LogP contribution in [0.15, 0.2) is 11.4 Å². The van der Waals surface area contributed by atoms with Crippen LogP contribution in [0.1, 0.15) is 21.7 Å². The van der Waals surface area contributed by atoms with Gasteiger partial charge in [-0.3, -0.25) is 4.79 Å². The molecule has 5 heteroatoms. The van der Waals surface area contributed by atoms with E-state index in [4.69, 9.17) is 5.11 Å². The zero-order valence-corrected chi connectivity index (χ0v) is 12.2. The van der Waals surface area contributed by atoms with Crippen LogP contribution in [0.5, 0.6) is 0 Å². The number of rotatable bonds is 5. The van der Waals surface area contributed by atoms with Gasteiger partial charge in [-0.05, 0) is 29.9 Å². The molecule has 0 aliphatic rings. The summed E-state index contributed by atoms with van der Waals surface area (Å²) in [5.41, 5.74) is 0.704. The summed E-state index contributed by atoms with van der Waals surface area (Å²) in [6.07, 6.45) is 3.05. The Hall–Kier alpha value is -0.960. The lowest BCUT2D eigenvalue weighted by Crippen LogP contribution is -2.27. The third-order valence-electron chi connectivity index (χ3n) is 2.35. The van der Waals surface area contributed by atoms with Crippen molar-refractivity contribution in [1.82, 2.24) is 4.90 Å². The highest BCUT2D eigenvalue weighted by atomic mass is 32.2. The number of thioether (sulfide) groups is 1. The van der Waals surface area contributed by atoms with Crippen molar-refractivity contribution in [2.45, 2.75) is 6.42 Å². The Morgan fingerprint density at radius 1 is 1.61 bits per heavy atom. The summed E-state index contributed by atoms with van der Waals surface area (Å²) in [5.74, 6) is 6.44. The Labute approximate surface area is 116 Å². The van der Waals surface area contributed by atoms with E-state index in [9.17, 15) is 4.79 Å². The average Bonchev–Trinajstić information content (AvgIpc) is 2.83. The summed E-state index contributed by atoms with van der Waals surface area (Å²) in [4.78, 5) is 14.6. The first-order valence-electron chi connectivity index (χ1n) is 5.62. The molecule has 0 aliphatic carbocycles. The summed E-state index contributed by atoms with van der Waals surface area (Å²) in [6, 6.07) is 1.82. The monoisotopic (exact) mass is 283 g/mol. The third kappa shape index (κ3) is 4.37. The molecule has 1 aromatic heterocycles.